The summed E-state index contributed by atoms with van der Waals surface area (Å²) < 4.78 is 0.921. The van der Waals surface area contributed by atoms with Gasteiger partial charge < -0.3 is 10.6 Å². The van der Waals surface area contributed by atoms with Gasteiger partial charge in [-0.15, -0.1) is 11.6 Å². The molecule has 0 spiro atoms. The van der Waals surface area contributed by atoms with Crippen LogP contribution in [-0.2, 0) is 4.79 Å². The summed E-state index contributed by atoms with van der Waals surface area (Å²) in [5.74, 6) is -0.426. The first kappa shape index (κ1) is 17.2. The number of hydrogen-bond acceptors (Lipinski definition) is 4. The van der Waals surface area contributed by atoms with Crippen LogP contribution in [0.25, 0.3) is 10.9 Å². The quantitative estimate of drug-likeness (QED) is 0.601. The van der Waals surface area contributed by atoms with E-state index in [9.17, 15) is 10.1 Å². The van der Waals surface area contributed by atoms with E-state index in [1.165, 1.54) is 6.20 Å². The van der Waals surface area contributed by atoms with Crippen molar-refractivity contribution in [2.75, 3.05) is 16.5 Å². The largest absolute Gasteiger partial charge is 0.354 e. The molecular formula is C18H12BrClN4O. The number of anilines is 3. The topological polar surface area (TPSA) is 77.8 Å². The third-order valence-corrected chi connectivity index (χ3v) is 4.22. The van der Waals surface area contributed by atoms with Crippen LogP contribution in [0.2, 0.25) is 0 Å². The summed E-state index contributed by atoms with van der Waals surface area (Å²) >= 11 is 8.97. The summed E-state index contributed by atoms with van der Waals surface area (Å²) in [6, 6.07) is 15.1. The summed E-state index contributed by atoms with van der Waals surface area (Å²) in [6.45, 7) is 0. The predicted octanol–water partition coefficient (Wildman–Crippen LogP) is 4.79. The van der Waals surface area contributed by atoms with Crippen molar-refractivity contribution in [1.82, 2.24) is 4.98 Å². The zero-order chi connectivity index (χ0) is 17.8. The average Bonchev–Trinajstić information content (AvgIpc) is 2.62. The summed E-state index contributed by atoms with van der Waals surface area (Å²) in [4.78, 5) is 15.8. The molecule has 25 heavy (non-hydrogen) atoms. The number of fused-ring (bicyclic) bond motifs is 1. The molecule has 0 bridgehead atoms. The van der Waals surface area contributed by atoms with E-state index in [0.717, 1.165) is 15.5 Å². The lowest BCUT2D eigenvalue weighted by atomic mass is 10.1. The number of carbonyl (C=O) groups excluding carboxylic acids is 1. The lowest BCUT2D eigenvalue weighted by molar-refractivity contribution is -0.113. The van der Waals surface area contributed by atoms with Crippen molar-refractivity contribution in [2.24, 2.45) is 0 Å². The molecule has 0 fully saturated rings. The van der Waals surface area contributed by atoms with Crippen molar-refractivity contribution in [3.63, 3.8) is 0 Å². The van der Waals surface area contributed by atoms with Crippen molar-refractivity contribution in [2.45, 2.75) is 0 Å². The molecule has 2 aromatic carbocycles. The molecule has 0 saturated heterocycles. The van der Waals surface area contributed by atoms with Crippen molar-refractivity contribution >= 4 is 61.4 Å². The molecule has 0 unspecified atom stereocenters. The van der Waals surface area contributed by atoms with Crippen LogP contribution in [0, 0.1) is 11.3 Å². The summed E-state index contributed by atoms with van der Waals surface area (Å²) in [6.07, 6.45) is 1.53. The highest BCUT2D eigenvalue weighted by atomic mass is 79.9. The monoisotopic (exact) mass is 414 g/mol. The van der Waals surface area contributed by atoms with E-state index in [1.54, 1.807) is 18.2 Å². The molecule has 5 nitrogen and oxygen atoms in total. The zero-order valence-corrected chi connectivity index (χ0v) is 15.2. The standard InChI is InChI=1S/C18H12BrClN4O/c19-12-2-1-3-13(6-12)24-18-11(9-21)10-22-16-5-4-14(7-15(16)18)23-17(25)8-20/h1-7,10H,8H2,(H,22,24)(H,23,25). The fourth-order valence-corrected chi connectivity index (χ4v) is 2.86. The van der Waals surface area contributed by atoms with Crippen LogP contribution in [0.1, 0.15) is 5.56 Å². The first-order chi connectivity index (χ1) is 12.1. The van der Waals surface area contributed by atoms with Crippen molar-refractivity contribution < 1.29 is 4.79 Å². The predicted molar refractivity (Wildman–Crippen MR) is 103 cm³/mol. The number of alkyl halides is 1. The number of rotatable bonds is 4. The van der Waals surface area contributed by atoms with Gasteiger partial charge in [-0.25, -0.2) is 0 Å². The zero-order valence-electron chi connectivity index (χ0n) is 12.9. The number of nitriles is 1. The van der Waals surface area contributed by atoms with Gasteiger partial charge in [0.05, 0.1) is 16.8 Å². The van der Waals surface area contributed by atoms with E-state index >= 15 is 0 Å². The number of nitrogens with zero attached hydrogens (tertiary/aromatic N) is 2. The van der Waals surface area contributed by atoms with Crippen LogP contribution in [0.15, 0.2) is 53.1 Å². The molecule has 3 aromatic rings. The van der Waals surface area contributed by atoms with Gasteiger partial charge in [0.25, 0.3) is 0 Å². The highest BCUT2D eigenvalue weighted by molar-refractivity contribution is 9.10. The van der Waals surface area contributed by atoms with Crippen LogP contribution in [0.4, 0.5) is 17.1 Å². The Morgan fingerprint density at radius 1 is 1.24 bits per heavy atom. The van der Waals surface area contributed by atoms with Gasteiger partial charge in [0.1, 0.15) is 11.9 Å². The minimum atomic E-state index is -0.299. The van der Waals surface area contributed by atoms with Gasteiger partial charge in [0.15, 0.2) is 0 Å². The van der Waals surface area contributed by atoms with E-state index in [1.807, 2.05) is 24.3 Å². The molecule has 0 aliphatic carbocycles. The van der Waals surface area contributed by atoms with Gasteiger partial charge in [0.2, 0.25) is 5.91 Å². The van der Waals surface area contributed by atoms with E-state index in [0.29, 0.717) is 22.5 Å². The third kappa shape index (κ3) is 3.90. The maximum atomic E-state index is 11.5. The molecule has 0 aliphatic heterocycles. The van der Waals surface area contributed by atoms with E-state index in [4.69, 9.17) is 11.6 Å². The van der Waals surface area contributed by atoms with Gasteiger partial charge >= 0.3 is 0 Å². The highest BCUT2D eigenvalue weighted by Crippen LogP contribution is 2.31. The molecule has 2 N–H and O–H groups in total. The number of hydrogen-bond donors (Lipinski definition) is 2. The SMILES string of the molecule is N#Cc1cnc2ccc(NC(=O)CCl)cc2c1Nc1cccc(Br)c1. The average molecular weight is 416 g/mol. The minimum Gasteiger partial charge on any atom is -0.354 e. The van der Waals surface area contributed by atoms with Crippen molar-refractivity contribution in [3.8, 4) is 6.07 Å². The number of carbonyl (C=O) groups is 1. The number of halogens is 2. The molecule has 0 aliphatic rings. The molecule has 1 aromatic heterocycles. The van der Waals surface area contributed by atoms with Gasteiger partial charge in [-0.05, 0) is 36.4 Å². The molecule has 1 heterocycles. The van der Waals surface area contributed by atoms with Crippen molar-refractivity contribution in [1.29, 1.82) is 5.26 Å². The Bertz CT molecular complexity index is 1000. The number of amides is 1. The summed E-state index contributed by atoms with van der Waals surface area (Å²) in [7, 11) is 0. The molecule has 1 amide bonds. The van der Waals surface area contributed by atoms with Gasteiger partial charge in [-0.1, -0.05) is 22.0 Å². The van der Waals surface area contributed by atoms with Gasteiger partial charge in [-0.2, -0.15) is 5.26 Å². The summed E-state index contributed by atoms with van der Waals surface area (Å²) in [5.41, 5.74) is 3.17. The molecule has 0 radical (unpaired) electrons. The maximum Gasteiger partial charge on any atom is 0.239 e. The number of nitrogens with one attached hydrogen (secondary N) is 2. The fraction of sp³-hybridized carbons (Fsp3) is 0.0556. The fourth-order valence-electron chi connectivity index (χ4n) is 2.39. The molecular weight excluding hydrogens is 404 g/mol. The number of benzene rings is 2. The lowest BCUT2D eigenvalue weighted by Gasteiger charge is -2.13. The van der Waals surface area contributed by atoms with Crippen LogP contribution in [-0.4, -0.2) is 16.8 Å². The molecule has 0 atom stereocenters. The van der Waals surface area contributed by atoms with Gasteiger partial charge in [0, 0.05) is 27.4 Å². The Labute approximate surface area is 157 Å². The first-order valence-electron chi connectivity index (χ1n) is 7.32. The molecule has 0 saturated carbocycles. The molecule has 124 valence electrons. The Morgan fingerprint density at radius 2 is 2.08 bits per heavy atom. The minimum absolute atomic E-state index is 0.127. The highest BCUT2D eigenvalue weighted by Gasteiger charge is 2.11. The van der Waals surface area contributed by atoms with Crippen LogP contribution < -0.4 is 10.6 Å². The molecule has 3 rings (SSSR count). The van der Waals surface area contributed by atoms with E-state index in [2.05, 4.69) is 37.6 Å². The Balaban J connectivity index is 2.11. The Kier molecular flexibility index (Phi) is 5.17. The van der Waals surface area contributed by atoms with Gasteiger partial charge in [-0.3, -0.25) is 9.78 Å². The third-order valence-electron chi connectivity index (χ3n) is 3.49. The second-order valence-electron chi connectivity index (χ2n) is 5.21. The van der Waals surface area contributed by atoms with Crippen molar-refractivity contribution in [3.05, 3.63) is 58.7 Å². The van der Waals surface area contributed by atoms with Crippen LogP contribution >= 0.6 is 27.5 Å². The second-order valence-corrected chi connectivity index (χ2v) is 6.39. The van der Waals surface area contributed by atoms with E-state index < -0.39 is 0 Å². The number of pyridine rings is 1. The van der Waals surface area contributed by atoms with Crippen LogP contribution in [0.3, 0.4) is 0 Å². The maximum absolute atomic E-state index is 11.5. The Hall–Kier alpha value is -2.62. The lowest BCUT2D eigenvalue weighted by Crippen LogP contribution is -2.12. The second kappa shape index (κ2) is 7.51. The summed E-state index contributed by atoms with van der Waals surface area (Å²) in [5, 5.41) is 16.1. The first-order valence-corrected chi connectivity index (χ1v) is 8.64. The normalized spacial score (nSPS) is 10.3. The van der Waals surface area contributed by atoms with Crippen LogP contribution in [0.5, 0.6) is 0 Å². The number of aromatic nitrogens is 1. The molecule has 7 heteroatoms. The Morgan fingerprint density at radius 3 is 2.80 bits per heavy atom. The smallest absolute Gasteiger partial charge is 0.239 e. The van der Waals surface area contributed by atoms with E-state index in [-0.39, 0.29) is 11.8 Å².